The fourth-order valence-corrected chi connectivity index (χ4v) is 3.25. The van der Waals surface area contributed by atoms with Gasteiger partial charge in [-0.2, -0.15) is 5.26 Å². The van der Waals surface area contributed by atoms with E-state index >= 15 is 0 Å². The summed E-state index contributed by atoms with van der Waals surface area (Å²) in [5.41, 5.74) is 1.79. The van der Waals surface area contributed by atoms with E-state index in [1.807, 2.05) is 48.5 Å². The van der Waals surface area contributed by atoms with Gasteiger partial charge < -0.3 is 9.64 Å². The van der Waals surface area contributed by atoms with Gasteiger partial charge in [0.25, 0.3) is 5.91 Å². The molecule has 0 atom stereocenters. The van der Waals surface area contributed by atoms with E-state index in [-0.39, 0.29) is 11.5 Å². The van der Waals surface area contributed by atoms with E-state index < -0.39 is 0 Å². The number of hydrogen-bond acceptors (Lipinski definition) is 3. The molecule has 3 aromatic rings. The second-order valence-corrected chi connectivity index (χ2v) is 7.39. The van der Waals surface area contributed by atoms with Crippen LogP contribution in [-0.4, -0.2) is 24.9 Å². The molecule has 0 aliphatic rings. The van der Waals surface area contributed by atoms with Crippen molar-refractivity contribution in [2.24, 2.45) is 0 Å². The SMILES string of the molecule is CN(C)C(=O)C(C#N)=Cc1cc(Br)ccc1OCc1cccc2ccccc12. The highest BCUT2D eigenvalue weighted by Gasteiger charge is 2.13. The third-order valence-electron chi connectivity index (χ3n) is 4.29. The van der Waals surface area contributed by atoms with E-state index in [9.17, 15) is 10.1 Å². The summed E-state index contributed by atoms with van der Waals surface area (Å²) in [4.78, 5) is 13.6. The molecule has 3 aromatic carbocycles. The summed E-state index contributed by atoms with van der Waals surface area (Å²) in [7, 11) is 3.23. The number of halogens is 1. The zero-order valence-corrected chi connectivity index (χ0v) is 17.2. The van der Waals surface area contributed by atoms with Crippen LogP contribution in [0.5, 0.6) is 5.75 Å². The smallest absolute Gasteiger partial charge is 0.264 e. The Hall–Kier alpha value is -3.10. The molecule has 0 aliphatic carbocycles. The van der Waals surface area contributed by atoms with Gasteiger partial charge in [0.05, 0.1) is 0 Å². The quantitative estimate of drug-likeness (QED) is 0.410. The van der Waals surface area contributed by atoms with Crippen molar-refractivity contribution in [2.75, 3.05) is 14.1 Å². The van der Waals surface area contributed by atoms with Crippen molar-refractivity contribution >= 4 is 38.7 Å². The number of carbonyl (C=O) groups is 1. The Kier molecular flexibility index (Phi) is 6.13. The van der Waals surface area contributed by atoms with E-state index in [0.717, 1.165) is 20.8 Å². The standard InChI is InChI=1S/C23H19BrN2O2/c1-26(2)23(27)19(14-25)12-18-13-20(24)10-11-22(18)28-15-17-8-5-7-16-6-3-4-9-21(16)17/h3-13H,15H2,1-2H3. The highest BCUT2D eigenvalue weighted by atomic mass is 79.9. The fourth-order valence-electron chi connectivity index (χ4n) is 2.88. The Labute approximate surface area is 172 Å². The van der Waals surface area contributed by atoms with Crippen molar-refractivity contribution in [1.29, 1.82) is 5.26 Å². The third-order valence-corrected chi connectivity index (χ3v) is 4.79. The molecular formula is C23H19BrN2O2. The summed E-state index contributed by atoms with van der Waals surface area (Å²) in [5, 5.41) is 11.7. The summed E-state index contributed by atoms with van der Waals surface area (Å²) >= 11 is 3.44. The minimum absolute atomic E-state index is 0.0538. The van der Waals surface area contributed by atoms with E-state index in [1.54, 1.807) is 20.2 Å². The van der Waals surface area contributed by atoms with Crippen molar-refractivity contribution < 1.29 is 9.53 Å². The molecule has 0 heterocycles. The molecule has 0 aromatic heterocycles. The summed E-state index contributed by atoms with van der Waals surface area (Å²) in [6.45, 7) is 0.382. The molecule has 28 heavy (non-hydrogen) atoms. The first-order valence-corrected chi connectivity index (χ1v) is 9.51. The van der Waals surface area contributed by atoms with Gasteiger partial charge in [0.15, 0.2) is 0 Å². The Balaban J connectivity index is 1.93. The van der Waals surface area contributed by atoms with Gasteiger partial charge in [0.1, 0.15) is 24.0 Å². The van der Waals surface area contributed by atoms with Crippen LogP contribution in [0, 0.1) is 11.3 Å². The monoisotopic (exact) mass is 434 g/mol. The van der Waals surface area contributed by atoms with Gasteiger partial charge in [-0.1, -0.05) is 58.4 Å². The number of carbonyl (C=O) groups excluding carboxylic acids is 1. The average molecular weight is 435 g/mol. The molecule has 0 aliphatic heterocycles. The van der Waals surface area contributed by atoms with Crippen LogP contribution >= 0.6 is 15.9 Å². The summed E-state index contributed by atoms with van der Waals surface area (Å²) < 4.78 is 6.91. The van der Waals surface area contributed by atoms with Crippen LogP contribution < -0.4 is 4.74 Å². The van der Waals surface area contributed by atoms with E-state index in [1.165, 1.54) is 4.90 Å². The predicted octanol–water partition coefficient (Wildman–Crippen LogP) is 5.18. The van der Waals surface area contributed by atoms with Crippen LogP contribution in [0.25, 0.3) is 16.8 Å². The van der Waals surface area contributed by atoms with Crippen LogP contribution in [0.3, 0.4) is 0 Å². The van der Waals surface area contributed by atoms with Gasteiger partial charge in [-0.25, -0.2) is 0 Å². The molecule has 1 amide bonds. The molecule has 0 N–H and O–H groups in total. The number of amides is 1. The minimum Gasteiger partial charge on any atom is -0.488 e. The minimum atomic E-state index is -0.345. The second kappa shape index (κ2) is 8.73. The zero-order chi connectivity index (χ0) is 20.1. The summed E-state index contributed by atoms with van der Waals surface area (Å²) in [6, 6.07) is 21.8. The maximum absolute atomic E-state index is 12.2. The van der Waals surface area contributed by atoms with Crippen LogP contribution in [0.2, 0.25) is 0 Å². The van der Waals surface area contributed by atoms with E-state index in [4.69, 9.17) is 4.74 Å². The van der Waals surface area contributed by atoms with Gasteiger partial charge in [0.2, 0.25) is 0 Å². The number of hydrogen-bond donors (Lipinski definition) is 0. The Bertz CT molecular complexity index is 1090. The molecule has 0 saturated heterocycles. The molecular weight excluding hydrogens is 416 g/mol. The predicted molar refractivity (Wildman–Crippen MR) is 115 cm³/mol. The summed E-state index contributed by atoms with van der Waals surface area (Å²) in [6.07, 6.45) is 1.56. The lowest BCUT2D eigenvalue weighted by atomic mass is 10.1. The largest absolute Gasteiger partial charge is 0.488 e. The van der Waals surface area contributed by atoms with Crippen LogP contribution in [0.4, 0.5) is 0 Å². The van der Waals surface area contributed by atoms with Crippen molar-refractivity contribution in [3.8, 4) is 11.8 Å². The first-order valence-electron chi connectivity index (χ1n) is 8.72. The molecule has 0 saturated carbocycles. The van der Waals surface area contributed by atoms with Crippen LogP contribution in [0.15, 0.2) is 70.7 Å². The molecule has 0 bridgehead atoms. The molecule has 5 heteroatoms. The molecule has 0 unspecified atom stereocenters. The lowest BCUT2D eigenvalue weighted by molar-refractivity contribution is -0.124. The third kappa shape index (κ3) is 4.41. The maximum Gasteiger partial charge on any atom is 0.264 e. The van der Waals surface area contributed by atoms with Gasteiger partial charge >= 0.3 is 0 Å². The van der Waals surface area contributed by atoms with E-state index in [0.29, 0.717) is 17.9 Å². The summed E-state index contributed by atoms with van der Waals surface area (Å²) in [5.74, 6) is 0.262. The van der Waals surface area contributed by atoms with Gasteiger partial charge in [-0.05, 0) is 40.6 Å². The Morgan fingerprint density at radius 1 is 1.14 bits per heavy atom. The molecule has 4 nitrogen and oxygen atoms in total. The number of nitrogens with zero attached hydrogens (tertiary/aromatic N) is 2. The first-order chi connectivity index (χ1) is 13.5. The molecule has 3 rings (SSSR count). The number of benzene rings is 3. The van der Waals surface area contributed by atoms with Crippen LogP contribution in [-0.2, 0) is 11.4 Å². The second-order valence-electron chi connectivity index (χ2n) is 6.48. The molecule has 0 fully saturated rings. The van der Waals surface area contributed by atoms with Crippen molar-refractivity contribution in [1.82, 2.24) is 4.90 Å². The normalized spacial score (nSPS) is 11.1. The van der Waals surface area contributed by atoms with Crippen LogP contribution in [0.1, 0.15) is 11.1 Å². The van der Waals surface area contributed by atoms with Crippen molar-refractivity contribution in [2.45, 2.75) is 6.61 Å². The topological polar surface area (TPSA) is 53.3 Å². The lowest BCUT2D eigenvalue weighted by Crippen LogP contribution is -2.22. The highest BCUT2D eigenvalue weighted by molar-refractivity contribution is 9.10. The lowest BCUT2D eigenvalue weighted by Gasteiger charge is -2.13. The molecule has 140 valence electrons. The number of fused-ring (bicyclic) bond motifs is 1. The number of rotatable bonds is 5. The fraction of sp³-hybridized carbons (Fsp3) is 0.130. The highest BCUT2D eigenvalue weighted by Crippen LogP contribution is 2.28. The zero-order valence-electron chi connectivity index (χ0n) is 15.6. The van der Waals surface area contributed by atoms with Gasteiger partial charge in [0, 0.05) is 24.1 Å². The molecule has 0 radical (unpaired) electrons. The van der Waals surface area contributed by atoms with Crippen molar-refractivity contribution in [3.05, 3.63) is 81.8 Å². The molecule has 0 spiro atoms. The Morgan fingerprint density at radius 3 is 2.64 bits per heavy atom. The maximum atomic E-state index is 12.2. The number of ether oxygens (including phenoxy) is 1. The average Bonchev–Trinajstić information content (AvgIpc) is 2.70. The first kappa shape index (κ1) is 19.7. The Morgan fingerprint density at radius 2 is 1.89 bits per heavy atom. The number of nitriles is 1. The van der Waals surface area contributed by atoms with Gasteiger partial charge in [-0.3, -0.25) is 4.79 Å². The van der Waals surface area contributed by atoms with Crippen molar-refractivity contribution in [3.63, 3.8) is 0 Å². The van der Waals surface area contributed by atoms with Gasteiger partial charge in [-0.15, -0.1) is 0 Å². The number of likely N-dealkylation sites (N-methyl/N-ethyl adjacent to an activating group) is 1. The van der Waals surface area contributed by atoms with E-state index in [2.05, 4.69) is 34.1 Å².